The second-order valence-electron chi connectivity index (χ2n) is 11.7. The molecule has 0 heterocycles. The first-order valence-corrected chi connectivity index (χ1v) is 15.1. The molecule has 0 unspecified atom stereocenters. The quantitative estimate of drug-likeness (QED) is 0.172. The molecule has 0 spiro atoms. The van der Waals surface area contributed by atoms with E-state index in [1.807, 2.05) is 57.2 Å². The summed E-state index contributed by atoms with van der Waals surface area (Å²) in [6.45, 7) is 10.5. The van der Waals surface area contributed by atoms with Gasteiger partial charge >= 0.3 is 6.09 Å². The number of phenolic OH excluding ortho intramolecular Hbond substituents is 1. The highest BCUT2D eigenvalue weighted by Gasteiger charge is 2.21. The first-order valence-electron chi connectivity index (χ1n) is 15.1. The molecule has 0 aliphatic carbocycles. The van der Waals surface area contributed by atoms with Gasteiger partial charge in [0.25, 0.3) is 0 Å². The molecule has 234 valence electrons. The van der Waals surface area contributed by atoms with Crippen molar-refractivity contribution in [1.82, 2.24) is 9.80 Å². The molecule has 0 aromatic heterocycles. The number of ether oxygens (including phenoxy) is 2. The maximum atomic E-state index is 12.8. The highest BCUT2D eigenvalue weighted by atomic mass is 16.6. The third-order valence-electron chi connectivity index (χ3n) is 6.97. The smallest absolute Gasteiger partial charge is 0.410 e. The maximum Gasteiger partial charge on any atom is 0.410 e. The van der Waals surface area contributed by atoms with Crippen molar-refractivity contribution < 1.29 is 24.2 Å². The lowest BCUT2D eigenvalue weighted by atomic mass is 9.88. The molecule has 0 aliphatic heterocycles. The molecule has 3 rings (SSSR count). The fourth-order valence-electron chi connectivity index (χ4n) is 4.62. The van der Waals surface area contributed by atoms with E-state index >= 15 is 0 Å². The zero-order valence-corrected chi connectivity index (χ0v) is 27.1. The van der Waals surface area contributed by atoms with E-state index in [0.29, 0.717) is 5.75 Å². The fraction of sp³-hybridized carbons (Fsp3) is 0.351. The van der Waals surface area contributed by atoms with Gasteiger partial charge in [0.05, 0.1) is 6.54 Å². The molecule has 3 aromatic rings. The SMILES string of the molecule is CC/C(=C(\c1ccc(O)cc1)c1ccc(OCCN(C/C=C/C(=O)N(C)C)C(=O)OC(C)(C)C)cc1)c1ccc(CC)cc1. The zero-order valence-electron chi connectivity index (χ0n) is 27.1. The van der Waals surface area contributed by atoms with Crippen LogP contribution in [0.3, 0.4) is 0 Å². The predicted molar refractivity (Wildman–Crippen MR) is 178 cm³/mol. The fourth-order valence-corrected chi connectivity index (χ4v) is 4.62. The van der Waals surface area contributed by atoms with Crippen LogP contribution in [0.2, 0.25) is 0 Å². The molecule has 0 saturated carbocycles. The van der Waals surface area contributed by atoms with Gasteiger partial charge in [0.15, 0.2) is 0 Å². The van der Waals surface area contributed by atoms with Gasteiger partial charge in [0, 0.05) is 26.7 Å². The van der Waals surface area contributed by atoms with Crippen molar-refractivity contribution in [3.05, 3.63) is 107 Å². The second kappa shape index (κ2) is 15.8. The zero-order chi connectivity index (χ0) is 32.3. The Morgan fingerprint density at radius 1 is 0.841 bits per heavy atom. The summed E-state index contributed by atoms with van der Waals surface area (Å²) in [6.07, 6.45) is 4.44. The molecule has 44 heavy (non-hydrogen) atoms. The summed E-state index contributed by atoms with van der Waals surface area (Å²) in [5, 5.41) is 9.94. The number of rotatable bonds is 12. The monoisotopic (exact) mass is 598 g/mol. The van der Waals surface area contributed by atoms with E-state index in [2.05, 4.69) is 38.1 Å². The normalized spacial score (nSPS) is 12.1. The van der Waals surface area contributed by atoms with Gasteiger partial charge in [-0.15, -0.1) is 0 Å². The van der Waals surface area contributed by atoms with E-state index in [0.717, 1.165) is 35.1 Å². The summed E-state index contributed by atoms with van der Waals surface area (Å²) in [6, 6.07) is 23.9. The minimum absolute atomic E-state index is 0.157. The second-order valence-corrected chi connectivity index (χ2v) is 11.7. The molecule has 0 bridgehead atoms. The van der Waals surface area contributed by atoms with Gasteiger partial charge in [-0.3, -0.25) is 4.79 Å². The Balaban J connectivity index is 1.82. The number of amides is 2. The minimum Gasteiger partial charge on any atom is -0.508 e. The first-order chi connectivity index (χ1) is 20.9. The van der Waals surface area contributed by atoms with Crippen LogP contribution in [0.1, 0.15) is 63.3 Å². The number of aryl methyl sites for hydroxylation is 1. The number of aromatic hydroxyl groups is 1. The minimum atomic E-state index is -0.646. The van der Waals surface area contributed by atoms with Crippen LogP contribution in [0.15, 0.2) is 84.9 Å². The summed E-state index contributed by atoms with van der Waals surface area (Å²) in [5.41, 5.74) is 6.16. The number of phenols is 1. The molecule has 0 fully saturated rings. The molecule has 2 amide bonds. The number of hydrogen-bond donors (Lipinski definition) is 1. The van der Waals surface area contributed by atoms with Gasteiger partial charge < -0.3 is 24.4 Å². The Bertz CT molecular complexity index is 1430. The van der Waals surface area contributed by atoms with Crippen molar-refractivity contribution in [2.45, 2.75) is 53.1 Å². The van der Waals surface area contributed by atoms with Gasteiger partial charge in [-0.25, -0.2) is 4.79 Å². The van der Waals surface area contributed by atoms with Gasteiger partial charge in [0.1, 0.15) is 23.7 Å². The standard InChI is InChI=1S/C37H46N2O5/c1-8-27-12-14-28(15-13-27)33(9-2)35(29-16-20-31(40)21-17-29)30-18-22-32(23-19-30)43-26-25-39(36(42)44-37(3,4)5)24-10-11-34(41)38(6)7/h10-23,40H,8-9,24-26H2,1-7H3/b11-10+,35-33-. The van der Waals surface area contributed by atoms with Crippen LogP contribution in [0.5, 0.6) is 11.5 Å². The molecule has 0 atom stereocenters. The number of likely N-dealkylation sites (N-methyl/N-ethyl adjacent to an activating group) is 1. The van der Waals surface area contributed by atoms with Crippen LogP contribution >= 0.6 is 0 Å². The molecular formula is C37H46N2O5. The molecular weight excluding hydrogens is 552 g/mol. The summed E-state index contributed by atoms with van der Waals surface area (Å²) in [7, 11) is 3.35. The van der Waals surface area contributed by atoms with Crippen LogP contribution in [0.4, 0.5) is 4.79 Å². The molecule has 3 aromatic carbocycles. The Morgan fingerprint density at radius 2 is 1.41 bits per heavy atom. The van der Waals surface area contributed by atoms with Crippen LogP contribution in [-0.2, 0) is 16.0 Å². The van der Waals surface area contributed by atoms with Crippen molar-refractivity contribution in [1.29, 1.82) is 0 Å². The number of carbonyl (C=O) groups excluding carboxylic acids is 2. The summed E-state index contributed by atoms with van der Waals surface area (Å²) in [4.78, 5) is 27.7. The average molecular weight is 599 g/mol. The third kappa shape index (κ3) is 10.0. The Morgan fingerprint density at radius 3 is 1.93 bits per heavy atom. The lowest BCUT2D eigenvalue weighted by Crippen LogP contribution is -2.39. The van der Waals surface area contributed by atoms with E-state index in [1.54, 1.807) is 32.3 Å². The highest BCUT2D eigenvalue weighted by Crippen LogP contribution is 2.35. The molecule has 7 nitrogen and oxygen atoms in total. The van der Waals surface area contributed by atoms with Crippen molar-refractivity contribution in [2.24, 2.45) is 0 Å². The van der Waals surface area contributed by atoms with E-state index in [1.165, 1.54) is 27.0 Å². The largest absolute Gasteiger partial charge is 0.508 e. The van der Waals surface area contributed by atoms with Crippen LogP contribution in [-0.4, -0.2) is 66.3 Å². The average Bonchev–Trinajstić information content (AvgIpc) is 2.99. The highest BCUT2D eigenvalue weighted by molar-refractivity contribution is 5.98. The molecule has 0 saturated heterocycles. The van der Waals surface area contributed by atoms with Crippen LogP contribution < -0.4 is 4.74 Å². The maximum absolute atomic E-state index is 12.8. The summed E-state index contributed by atoms with van der Waals surface area (Å²) in [5.74, 6) is 0.740. The van der Waals surface area contributed by atoms with Gasteiger partial charge in [-0.2, -0.15) is 0 Å². The van der Waals surface area contributed by atoms with E-state index < -0.39 is 11.7 Å². The predicted octanol–water partition coefficient (Wildman–Crippen LogP) is 7.58. The van der Waals surface area contributed by atoms with Crippen molar-refractivity contribution in [3.63, 3.8) is 0 Å². The Hall–Kier alpha value is -4.52. The van der Waals surface area contributed by atoms with E-state index in [9.17, 15) is 14.7 Å². The van der Waals surface area contributed by atoms with Crippen LogP contribution in [0.25, 0.3) is 11.1 Å². The van der Waals surface area contributed by atoms with Crippen molar-refractivity contribution in [2.75, 3.05) is 33.8 Å². The van der Waals surface area contributed by atoms with Gasteiger partial charge in [-0.1, -0.05) is 68.5 Å². The molecule has 1 N–H and O–H groups in total. The molecule has 7 heteroatoms. The number of benzene rings is 3. The van der Waals surface area contributed by atoms with E-state index in [4.69, 9.17) is 9.47 Å². The lowest BCUT2D eigenvalue weighted by molar-refractivity contribution is -0.123. The Labute approximate surface area is 262 Å². The number of nitrogens with zero attached hydrogens (tertiary/aromatic N) is 2. The van der Waals surface area contributed by atoms with Gasteiger partial charge in [-0.05, 0) is 91.3 Å². The number of allylic oxidation sites excluding steroid dienone is 1. The first kappa shape index (κ1) is 34.0. The van der Waals surface area contributed by atoms with Gasteiger partial charge in [0.2, 0.25) is 5.91 Å². The Kier molecular flexibility index (Phi) is 12.2. The summed E-state index contributed by atoms with van der Waals surface area (Å²) < 4.78 is 11.6. The van der Waals surface area contributed by atoms with Crippen molar-refractivity contribution >= 4 is 23.1 Å². The topological polar surface area (TPSA) is 79.3 Å². The molecule has 0 aliphatic rings. The van der Waals surface area contributed by atoms with E-state index in [-0.39, 0.29) is 31.4 Å². The summed E-state index contributed by atoms with van der Waals surface area (Å²) >= 11 is 0. The number of carbonyl (C=O) groups is 2. The third-order valence-corrected chi connectivity index (χ3v) is 6.97. The van der Waals surface area contributed by atoms with Crippen LogP contribution in [0, 0.1) is 0 Å². The lowest BCUT2D eigenvalue weighted by Gasteiger charge is -2.26. The molecule has 0 radical (unpaired) electrons. The number of hydrogen-bond acceptors (Lipinski definition) is 5. The van der Waals surface area contributed by atoms with Crippen molar-refractivity contribution in [3.8, 4) is 11.5 Å².